The van der Waals surface area contributed by atoms with Crippen LogP contribution < -0.4 is 31.9 Å². The molecule has 2 atom stereocenters. The molecule has 2 unspecified atom stereocenters. The van der Waals surface area contributed by atoms with Gasteiger partial charge >= 0.3 is 23.9 Å². The molecular formula is C84H158N6O10. The molecule has 0 amide bonds. The lowest BCUT2D eigenvalue weighted by Crippen LogP contribution is -2.69. The number of hydrogen-bond donors (Lipinski definition) is 7. The van der Waals surface area contributed by atoms with Crippen molar-refractivity contribution in [3.63, 3.8) is 0 Å². The molecule has 8 fully saturated rings. The van der Waals surface area contributed by atoms with Crippen molar-refractivity contribution in [3.05, 3.63) is 0 Å². The number of rotatable bonds is 19. The lowest BCUT2D eigenvalue weighted by atomic mass is 9.42. The van der Waals surface area contributed by atoms with E-state index in [1.54, 1.807) is 0 Å². The summed E-state index contributed by atoms with van der Waals surface area (Å²) in [5.41, 5.74) is 0.961. The molecule has 584 valence electrons. The molecule has 1 aliphatic carbocycles. The average Bonchev–Trinajstić information content (AvgIpc) is 0.712. The Labute approximate surface area is 612 Å². The van der Waals surface area contributed by atoms with Crippen molar-refractivity contribution in [3.8, 4) is 0 Å². The zero-order valence-electron chi connectivity index (χ0n) is 68.5. The number of nitrogens with one attached hydrogen (secondary N) is 6. The van der Waals surface area contributed by atoms with Crippen LogP contribution in [0.5, 0.6) is 0 Å². The van der Waals surface area contributed by atoms with Crippen molar-refractivity contribution >= 4 is 23.9 Å². The predicted molar refractivity (Wildman–Crippen MR) is 410 cm³/mol. The standard InChI is InChI=1S/C71H134N6O2.C11H16O8.2CH4/c1-55(2,43-70(48-29-57(5,6)72-58(7,8)30-48,49-31-59(9,10)73-60(11,12)32-49)50-33-61(13,14)74-62(15,16)34-50)47-41-69(42-47)45-78-54(79-46-69)56(3,4)44-71(51-35-63(17,18)75-64(19,20)36-51,52-37-65(21,22)76-66(23,24)38-52)53-39-67(25,26)77-68(27,28)40-53;1-17-8(12)4-6(10(14)15)7(11(16)19-3)5-9(13)18-2;;/h47-54,72-77H,29-46H2,1-28H3;6-7H,4-5H2,1-3H3,(H,14,15);2*1H4. The summed E-state index contributed by atoms with van der Waals surface area (Å²) in [5, 5.41) is 34.1. The van der Waals surface area contributed by atoms with Gasteiger partial charge in [-0.1, -0.05) is 42.5 Å². The van der Waals surface area contributed by atoms with E-state index in [0.29, 0.717) is 41.4 Å². The molecule has 100 heavy (non-hydrogen) atoms. The van der Waals surface area contributed by atoms with Gasteiger partial charge in [0.2, 0.25) is 0 Å². The van der Waals surface area contributed by atoms with Gasteiger partial charge in [0, 0.05) is 77.3 Å². The molecule has 8 aliphatic rings. The largest absolute Gasteiger partial charge is 0.481 e. The van der Waals surface area contributed by atoms with E-state index < -0.39 is 48.6 Å². The third kappa shape index (κ3) is 21.0. The molecule has 7 N–H and O–H groups in total. The van der Waals surface area contributed by atoms with Gasteiger partial charge in [0.1, 0.15) is 0 Å². The first-order valence-corrected chi connectivity index (χ1v) is 38.5. The van der Waals surface area contributed by atoms with Gasteiger partial charge in [0.05, 0.1) is 59.2 Å². The smallest absolute Gasteiger partial charge is 0.310 e. The topological polar surface area (TPSA) is 207 Å². The highest BCUT2D eigenvalue weighted by Gasteiger charge is 2.66. The first-order valence-electron chi connectivity index (χ1n) is 38.5. The van der Waals surface area contributed by atoms with E-state index in [1.807, 2.05) is 0 Å². The molecule has 0 bridgehead atoms. The van der Waals surface area contributed by atoms with Crippen LogP contribution in [0.25, 0.3) is 0 Å². The fraction of sp³-hybridized carbons (Fsp3) is 0.952. The summed E-state index contributed by atoms with van der Waals surface area (Å²) >= 11 is 0. The van der Waals surface area contributed by atoms with Crippen molar-refractivity contribution in [1.82, 2.24) is 31.9 Å². The maximum atomic E-state index is 11.5. The first kappa shape index (κ1) is 88.2. The molecule has 7 saturated heterocycles. The summed E-state index contributed by atoms with van der Waals surface area (Å²) in [7, 11) is 3.26. The second kappa shape index (κ2) is 29.6. The molecule has 7 aliphatic heterocycles. The number of piperidine rings is 6. The third-order valence-electron chi connectivity index (χ3n) is 25.9. The molecule has 16 nitrogen and oxygen atoms in total. The fourth-order valence-electron chi connectivity index (χ4n) is 25.2. The number of hydrogen-bond acceptors (Lipinski definition) is 15. The highest BCUT2D eigenvalue weighted by molar-refractivity contribution is 5.87. The van der Waals surface area contributed by atoms with Gasteiger partial charge in [0.15, 0.2) is 6.29 Å². The Hall–Kier alpha value is -2.44. The minimum atomic E-state index is -1.42. The Kier molecular flexibility index (Phi) is 26.1. The van der Waals surface area contributed by atoms with Crippen LogP contribution in [0.15, 0.2) is 0 Å². The van der Waals surface area contributed by atoms with E-state index in [2.05, 4.69) is 240 Å². The Balaban J connectivity index is 0.000000748. The van der Waals surface area contributed by atoms with Crippen LogP contribution >= 0.6 is 0 Å². The number of carbonyl (C=O) groups excluding carboxylic acids is 3. The van der Waals surface area contributed by atoms with Crippen LogP contribution in [-0.4, -0.2) is 136 Å². The van der Waals surface area contributed by atoms with Gasteiger partial charge in [-0.05, 0) is 327 Å². The summed E-state index contributed by atoms with van der Waals surface area (Å²) < 4.78 is 28.1. The second-order valence-corrected chi connectivity index (χ2v) is 43.7. The van der Waals surface area contributed by atoms with E-state index in [9.17, 15) is 19.2 Å². The van der Waals surface area contributed by atoms with Crippen molar-refractivity contribution in [2.45, 2.75) is 397 Å². The van der Waals surface area contributed by atoms with Crippen LogP contribution in [0.4, 0.5) is 0 Å². The van der Waals surface area contributed by atoms with Crippen LogP contribution in [0, 0.1) is 80.3 Å². The van der Waals surface area contributed by atoms with Crippen molar-refractivity contribution in [1.29, 1.82) is 0 Å². The number of aliphatic carboxylic acids is 1. The Morgan fingerprint density at radius 1 is 0.360 bits per heavy atom. The summed E-state index contributed by atoms with van der Waals surface area (Å²) in [4.78, 5) is 45.0. The SMILES string of the molecule is C.C.CC1(C)CC(C(CC(C)(C)C2CC3(COC(C(C)(C)CC(C4CC(C)(C)NC(C)(C)C4)(C4CC(C)(C)NC(C)(C)C4)C4CC(C)(C)NC(C)(C)C4)OC3)C2)(C2CC(C)(C)NC(C)(C)C2)C2CC(C)(C)NC(C)(C)C2)CC(C)(C)N1.COC(=O)CC(C(=O)O)C(CC(=O)OC)C(=O)OC. The maximum Gasteiger partial charge on any atom is 0.310 e. The quantitative estimate of drug-likeness (QED) is 0.0474. The highest BCUT2D eigenvalue weighted by atomic mass is 16.7. The van der Waals surface area contributed by atoms with Crippen LogP contribution in [0.2, 0.25) is 0 Å². The van der Waals surface area contributed by atoms with Gasteiger partial charge in [-0.25, -0.2) is 0 Å². The Bertz CT molecular complexity index is 2530. The zero-order valence-corrected chi connectivity index (χ0v) is 68.5. The molecule has 0 radical (unpaired) electrons. The van der Waals surface area contributed by atoms with E-state index in [1.165, 1.54) is 96.3 Å². The maximum absolute atomic E-state index is 11.5. The molecule has 0 aromatic heterocycles. The molecule has 7 heterocycles. The Morgan fingerprint density at radius 2 is 0.580 bits per heavy atom. The molecule has 1 saturated carbocycles. The summed E-state index contributed by atoms with van der Waals surface area (Å²) in [6, 6.07) is 0. The number of ether oxygens (including phenoxy) is 5. The van der Waals surface area contributed by atoms with Gasteiger partial charge in [-0.15, -0.1) is 0 Å². The zero-order chi connectivity index (χ0) is 74.5. The van der Waals surface area contributed by atoms with Gasteiger partial charge < -0.3 is 60.7 Å². The average molecular weight is 1410 g/mol. The van der Waals surface area contributed by atoms with Crippen molar-refractivity contribution < 1.29 is 48.0 Å². The molecule has 1 spiro atoms. The highest BCUT2D eigenvalue weighted by Crippen LogP contribution is 2.69. The van der Waals surface area contributed by atoms with Gasteiger partial charge in [-0.2, -0.15) is 0 Å². The van der Waals surface area contributed by atoms with Gasteiger partial charge in [0.25, 0.3) is 0 Å². The Morgan fingerprint density at radius 3 is 0.790 bits per heavy atom. The second-order valence-electron chi connectivity index (χ2n) is 43.7. The summed E-state index contributed by atoms with van der Waals surface area (Å²) in [6.07, 6.45) is 18.2. The predicted octanol–water partition coefficient (Wildman–Crippen LogP) is 16.8. The lowest BCUT2D eigenvalue weighted by Gasteiger charge is -2.67. The molecular weight excluding hydrogens is 1250 g/mol. The number of carboxylic acids is 1. The van der Waals surface area contributed by atoms with Crippen LogP contribution in [-0.2, 0) is 42.9 Å². The third-order valence-corrected chi connectivity index (χ3v) is 25.9. The van der Waals surface area contributed by atoms with Crippen molar-refractivity contribution in [2.75, 3.05) is 34.5 Å². The first-order chi connectivity index (χ1) is 44.0. The van der Waals surface area contributed by atoms with Crippen molar-refractivity contribution in [2.24, 2.45) is 80.3 Å². The van der Waals surface area contributed by atoms with E-state index in [-0.39, 0.29) is 115 Å². The number of carbonyl (C=O) groups is 4. The molecule has 0 aromatic rings. The molecule has 16 heteroatoms. The molecule has 0 aromatic carbocycles. The minimum Gasteiger partial charge on any atom is -0.481 e. The van der Waals surface area contributed by atoms with E-state index >= 15 is 0 Å². The van der Waals surface area contributed by atoms with Crippen LogP contribution in [0.1, 0.15) is 324 Å². The fourth-order valence-corrected chi connectivity index (χ4v) is 25.2. The summed E-state index contributed by atoms with van der Waals surface area (Å²) in [5.74, 6) is -2.41. The van der Waals surface area contributed by atoms with E-state index in [4.69, 9.17) is 14.6 Å². The molecule has 8 rings (SSSR count). The minimum absolute atomic E-state index is 0. The van der Waals surface area contributed by atoms with Gasteiger partial charge in [-0.3, -0.25) is 19.2 Å². The lowest BCUT2D eigenvalue weighted by molar-refractivity contribution is -0.302. The van der Waals surface area contributed by atoms with E-state index in [0.717, 1.165) is 41.0 Å². The number of carboxylic acid groups (broad SMARTS) is 1. The normalized spacial score (nSPS) is 30.1. The number of methoxy groups -OCH3 is 3. The number of esters is 3. The van der Waals surface area contributed by atoms with Crippen LogP contribution in [0.3, 0.4) is 0 Å². The summed E-state index contributed by atoms with van der Waals surface area (Å²) in [6.45, 7) is 72.6. The monoisotopic (exact) mass is 1410 g/mol.